The minimum Gasteiger partial charge on any atom is -0.342 e. The van der Waals surface area contributed by atoms with E-state index in [1.807, 2.05) is 20.0 Å². The standard InChI is InChI=1S/C21H28N2O/c1-12(2)17(20-22-11-14(4)23-20)19(15-7-8-15)18-13(3)9-21(5,6)10-16(18)24/h11,15H,1,7-10H2,2-6H3,(H,22,23)/b19-17+. The van der Waals surface area contributed by atoms with Crippen molar-refractivity contribution < 1.29 is 4.79 Å². The Hall–Kier alpha value is -1.90. The van der Waals surface area contributed by atoms with Gasteiger partial charge in [-0.1, -0.05) is 26.0 Å². The zero-order chi connectivity index (χ0) is 17.6. The smallest absolute Gasteiger partial charge is 0.163 e. The van der Waals surface area contributed by atoms with Crippen LogP contribution in [0.25, 0.3) is 5.57 Å². The van der Waals surface area contributed by atoms with Crippen LogP contribution < -0.4 is 0 Å². The summed E-state index contributed by atoms with van der Waals surface area (Å²) in [7, 11) is 0. The predicted molar refractivity (Wildman–Crippen MR) is 98.5 cm³/mol. The monoisotopic (exact) mass is 324 g/mol. The van der Waals surface area contributed by atoms with Crippen molar-refractivity contribution in [1.29, 1.82) is 0 Å². The molecule has 0 saturated heterocycles. The fourth-order valence-corrected chi connectivity index (χ4v) is 4.01. The van der Waals surface area contributed by atoms with Crippen molar-refractivity contribution in [3.8, 4) is 0 Å². The number of carbonyl (C=O) groups is 1. The normalized spacial score (nSPS) is 21.8. The first-order valence-electron chi connectivity index (χ1n) is 8.85. The van der Waals surface area contributed by atoms with Crippen molar-refractivity contribution in [1.82, 2.24) is 9.97 Å². The zero-order valence-corrected chi connectivity index (χ0v) is 15.5. The van der Waals surface area contributed by atoms with Crippen LogP contribution in [0.3, 0.4) is 0 Å². The van der Waals surface area contributed by atoms with E-state index in [4.69, 9.17) is 0 Å². The minimum absolute atomic E-state index is 0.0595. The first kappa shape index (κ1) is 16.9. The number of aromatic nitrogens is 2. The second-order valence-corrected chi connectivity index (χ2v) is 8.35. The molecule has 1 N–H and O–H groups in total. The summed E-state index contributed by atoms with van der Waals surface area (Å²) in [5, 5.41) is 0. The van der Waals surface area contributed by atoms with Gasteiger partial charge in [0.15, 0.2) is 5.78 Å². The Morgan fingerprint density at radius 2 is 1.96 bits per heavy atom. The number of aryl methyl sites for hydroxylation is 1. The molecule has 0 aromatic carbocycles. The van der Waals surface area contributed by atoms with Crippen molar-refractivity contribution in [2.24, 2.45) is 11.3 Å². The number of rotatable bonds is 4. The van der Waals surface area contributed by atoms with E-state index >= 15 is 0 Å². The fourth-order valence-electron chi connectivity index (χ4n) is 4.01. The van der Waals surface area contributed by atoms with Gasteiger partial charge in [0.2, 0.25) is 0 Å². The van der Waals surface area contributed by atoms with E-state index in [-0.39, 0.29) is 11.2 Å². The molecule has 0 spiro atoms. The second kappa shape index (κ2) is 5.87. The summed E-state index contributed by atoms with van der Waals surface area (Å²) >= 11 is 0. The summed E-state index contributed by atoms with van der Waals surface area (Å²) < 4.78 is 0. The average molecular weight is 324 g/mol. The molecule has 1 saturated carbocycles. The van der Waals surface area contributed by atoms with Crippen molar-refractivity contribution in [3.05, 3.63) is 46.6 Å². The lowest BCUT2D eigenvalue weighted by Gasteiger charge is -2.32. The number of aromatic amines is 1. The summed E-state index contributed by atoms with van der Waals surface area (Å²) in [5.41, 5.74) is 6.49. The number of carbonyl (C=O) groups excluding carboxylic acids is 1. The number of H-pyrrole nitrogens is 1. The molecule has 0 bridgehead atoms. The van der Waals surface area contributed by atoms with Crippen LogP contribution in [0.1, 0.15) is 64.9 Å². The maximum absolute atomic E-state index is 13.0. The van der Waals surface area contributed by atoms with E-state index in [9.17, 15) is 4.79 Å². The van der Waals surface area contributed by atoms with Crippen LogP contribution in [0.5, 0.6) is 0 Å². The Morgan fingerprint density at radius 3 is 2.42 bits per heavy atom. The highest BCUT2D eigenvalue weighted by Crippen LogP contribution is 2.49. The van der Waals surface area contributed by atoms with Gasteiger partial charge in [-0.2, -0.15) is 0 Å². The molecule has 1 aromatic rings. The number of hydrogen-bond acceptors (Lipinski definition) is 2. The average Bonchev–Trinajstić information content (AvgIpc) is 3.18. The Balaban J connectivity index is 2.22. The lowest BCUT2D eigenvalue weighted by Crippen LogP contribution is -2.26. The highest BCUT2D eigenvalue weighted by atomic mass is 16.1. The van der Waals surface area contributed by atoms with Gasteiger partial charge in [-0.25, -0.2) is 4.98 Å². The van der Waals surface area contributed by atoms with Crippen LogP contribution in [0.4, 0.5) is 0 Å². The van der Waals surface area contributed by atoms with Crippen LogP contribution in [0, 0.1) is 18.3 Å². The maximum atomic E-state index is 13.0. The molecule has 3 nitrogen and oxygen atoms in total. The summed E-state index contributed by atoms with van der Waals surface area (Å²) in [4.78, 5) is 20.9. The molecule has 1 fully saturated rings. The third-order valence-corrected chi connectivity index (χ3v) is 4.98. The molecule has 3 heteroatoms. The van der Waals surface area contributed by atoms with E-state index in [1.54, 1.807) is 0 Å². The number of imidazole rings is 1. The Morgan fingerprint density at radius 1 is 1.29 bits per heavy atom. The van der Waals surface area contributed by atoms with E-state index in [1.165, 1.54) is 11.1 Å². The van der Waals surface area contributed by atoms with E-state index in [0.29, 0.717) is 12.3 Å². The van der Waals surface area contributed by atoms with E-state index in [2.05, 4.69) is 37.3 Å². The first-order chi connectivity index (χ1) is 11.2. The van der Waals surface area contributed by atoms with Gasteiger partial charge in [0, 0.05) is 29.5 Å². The minimum atomic E-state index is 0.0595. The van der Waals surface area contributed by atoms with E-state index in [0.717, 1.165) is 47.5 Å². The molecule has 2 aliphatic rings. The molecular weight excluding hydrogens is 296 g/mol. The topological polar surface area (TPSA) is 45.8 Å². The molecular formula is C21H28N2O. The molecule has 24 heavy (non-hydrogen) atoms. The van der Waals surface area contributed by atoms with Gasteiger partial charge in [0.1, 0.15) is 5.82 Å². The van der Waals surface area contributed by atoms with Gasteiger partial charge in [0.05, 0.1) is 0 Å². The molecule has 0 unspecified atom stereocenters. The quantitative estimate of drug-likeness (QED) is 0.777. The number of ketones is 1. The summed E-state index contributed by atoms with van der Waals surface area (Å²) in [6.45, 7) is 14.7. The van der Waals surface area contributed by atoms with Crippen molar-refractivity contribution in [3.63, 3.8) is 0 Å². The third kappa shape index (κ3) is 3.17. The molecule has 0 amide bonds. The number of hydrogen-bond donors (Lipinski definition) is 1. The molecule has 3 rings (SSSR count). The molecule has 1 heterocycles. The van der Waals surface area contributed by atoms with Crippen LogP contribution in [0.15, 0.2) is 35.1 Å². The molecule has 0 aliphatic heterocycles. The van der Waals surface area contributed by atoms with E-state index < -0.39 is 0 Å². The molecule has 0 atom stereocenters. The fraction of sp³-hybridized carbons (Fsp3) is 0.524. The van der Waals surface area contributed by atoms with Gasteiger partial charge >= 0.3 is 0 Å². The number of Topliss-reactive ketones (excluding diaryl/α,β-unsaturated/α-hetero) is 1. The van der Waals surface area contributed by atoms with Gasteiger partial charge in [-0.3, -0.25) is 4.79 Å². The summed E-state index contributed by atoms with van der Waals surface area (Å²) in [6.07, 6.45) is 5.75. The van der Waals surface area contributed by atoms with Gasteiger partial charge in [-0.05, 0) is 62.5 Å². The maximum Gasteiger partial charge on any atom is 0.163 e. The Bertz CT molecular complexity index is 770. The summed E-state index contributed by atoms with van der Waals surface area (Å²) in [5.74, 6) is 1.60. The molecule has 2 aliphatic carbocycles. The number of allylic oxidation sites excluding steroid dienone is 5. The highest BCUT2D eigenvalue weighted by Gasteiger charge is 2.39. The zero-order valence-electron chi connectivity index (χ0n) is 15.5. The lowest BCUT2D eigenvalue weighted by molar-refractivity contribution is -0.117. The first-order valence-corrected chi connectivity index (χ1v) is 8.85. The van der Waals surface area contributed by atoms with Gasteiger partial charge in [-0.15, -0.1) is 0 Å². The molecule has 0 radical (unpaired) electrons. The Kier molecular flexibility index (Phi) is 4.15. The van der Waals surface area contributed by atoms with Crippen LogP contribution in [-0.2, 0) is 4.79 Å². The summed E-state index contributed by atoms with van der Waals surface area (Å²) in [6, 6.07) is 0. The van der Waals surface area contributed by atoms with Gasteiger partial charge in [0.25, 0.3) is 0 Å². The van der Waals surface area contributed by atoms with Crippen molar-refractivity contribution >= 4 is 11.4 Å². The van der Waals surface area contributed by atoms with Crippen molar-refractivity contribution in [2.45, 2.75) is 60.3 Å². The largest absolute Gasteiger partial charge is 0.342 e. The molecule has 128 valence electrons. The Labute approximate surface area is 145 Å². The highest BCUT2D eigenvalue weighted by molar-refractivity contribution is 6.05. The lowest BCUT2D eigenvalue weighted by atomic mass is 9.71. The molecule has 1 aromatic heterocycles. The van der Waals surface area contributed by atoms with Gasteiger partial charge < -0.3 is 4.98 Å². The number of nitrogens with zero attached hydrogens (tertiary/aromatic N) is 1. The third-order valence-electron chi connectivity index (χ3n) is 4.98. The second-order valence-electron chi connectivity index (χ2n) is 8.35. The van der Waals surface area contributed by atoms with Crippen LogP contribution in [-0.4, -0.2) is 15.8 Å². The van der Waals surface area contributed by atoms with Crippen LogP contribution in [0.2, 0.25) is 0 Å². The SMILES string of the molecule is C=C(C)/C(=C(\C1=C(C)CC(C)(C)CC1=O)C1CC1)c1ncc(C)[nH]1. The van der Waals surface area contributed by atoms with Crippen molar-refractivity contribution in [2.75, 3.05) is 0 Å². The van der Waals surface area contributed by atoms with Crippen LogP contribution >= 0.6 is 0 Å². The number of nitrogens with one attached hydrogen (secondary N) is 1. The predicted octanol–water partition coefficient (Wildman–Crippen LogP) is 5.16.